The van der Waals surface area contributed by atoms with E-state index in [4.69, 9.17) is 4.74 Å². The van der Waals surface area contributed by atoms with Gasteiger partial charge in [-0.3, -0.25) is 4.79 Å². The van der Waals surface area contributed by atoms with E-state index in [1.807, 2.05) is 31.3 Å². The molecule has 1 aromatic carbocycles. The maximum Gasteiger partial charge on any atom is 0.183 e. The summed E-state index contributed by atoms with van der Waals surface area (Å²) in [5.74, 6) is 0.897. The molecule has 0 bridgehead atoms. The van der Waals surface area contributed by atoms with E-state index in [9.17, 15) is 4.79 Å². The van der Waals surface area contributed by atoms with Gasteiger partial charge in [-0.25, -0.2) is 0 Å². The average Bonchev–Trinajstić information content (AvgIpc) is 2.81. The fraction of sp³-hybridized carbons (Fsp3) is 0.312. The molecule has 0 radical (unpaired) electrons. The third kappa shape index (κ3) is 2.90. The van der Waals surface area contributed by atoms with Gasteiger partial charge in [-0.15, -0.1) is 6.58 Å². The van der Waals surface area contributed by atoms with Crippen LogP contribution in [0, 0.1) is 0 Å². The Labute approximate surface area is 124 Å². The zero-order chi connectivity index (χ0) is 14.5. The van der Waals surface area contributed by atoms with Crippen LogP contribution >= 0.6 is 11.8 Å². The minimum Gasteiger partial charge on any atom is -0.494 e. The number of ether oxygens (including phenoxy) is 1. The molecule has 0 aromatic heterocycles. The van der Waals surface area contributed by atoms with E-state index in [2.05, 4.69) is 18.8 Å². The van der Waals surface area contributed by atoms with E-state index in [1.165, 1.54) is 11.8 Å². The van der Waals surface area contributed by atoms with Crippen LogP contribution in [0.15, 0.2) is 41.9 Å². The second-order valence-electron chi connectivity index (χ2n) is 4.47. The highest BCUT2D eigenvalue weighted by atomic mass is 32.2. The first kappa shape index (κ1) is 14.7. The van der Waals surface area contributed by atoms with Crippen molar-refractivity contribution in [1.29, 1.82) is 0 Å². The van der Waals surface area contributed by atoms with Crippen molar-refractivity contribution in [3.05, 3.63) is 47.5 Å². The van der Waals surface area contributed by atoms with Gasteiger partial charge in [-0.2, -0.15) is 0 Å². The van der Waals surface area contributed by atoms with Crippen LogP contribution in [-0.4, -0.2) is 24.7 Å². The molecule has 1 heterocycles. The molecule has 0 spiro atoms. The summed E-state index contributed by atoms with van der Waals surface area (Å²) < 4.78 is 5.63. The molecule has 1 unspecified atom stereocenters. The Morgan fingerprint density at radius 2 is 2.30 bits per heavy atom. The topological polar surface area (TPSA) is 38.3 Å². The second-order valence-corrected chi connectivity index (χ2v) is 5.62. The summed E-state index contributed by atoms with van der Waals surface area (Å²) in [6.45, 7) is 6.47. The van der Waals surface area contributed by atoms with Gasteiger partial charge < -0.3 is 10.1 Å². The number of thioether (sulfide) groups is 1. The van der Waals surface area contributed by atoms with Crippen molar-refractivity contribution in [2.24, 2.45) is 0 Å². The van der Waals surface area contributed by atoms with E-state index in [-0.39, 0.29) is 11.0 Å². The molecular formula is C16H19NO2S. The van der Waals surface area contributed by atoms with Crippen LogP contribution in [0.5, 0.6) is 5.75 Å². The highest BCUT2D eigenvalue weighted by Gasteiger charge is 2.32. The van der Waals surface area contributed by atoms with Crippen LogP contribution < -0.4 is 10.1 Å². The van der Waals surface area contributed by atoms with Crippen molar-refractivity contribution in [2.75, 3.05) is 13.7 Å². The standard InChI is InChI=1S/C16H19NO2S/c1-4-9-19-12-8-6-7-11(10-12)14-15(18)13(5-2)20-16(14)17-3/h5-8,10,13,17H,2,4,9H2,1,3H3. The number of benzene rings is 1. The summed E-state index contributed by atoms with van der Waals surface area (Å²) in [5.41, 5.74) is 1.62. The van der Waals surface area contributed by atoms with E-state index in [0.717, 1.165) is 28.3 Å². The Kier molecular flexibility index (Phi) is 4.90. The first-order valence-electron chi connectivity index (χ1n) is 6.70. The minimum atomic E-state index is -0.201. The van der Waals surface area contributed by atoms with Crippen molar-refractivity contribution in [3.8, 4) is 5.75 Å². The molecule has 0 amide bonds. The number of hydrogen-bond donors (Lipinski definition) is 1. The fourth-order valence-corrected chi connectivity index (χ4v) is 3.10. The van der Waals surface area contributed by atoms with Crippen LogP contribution in [0.1, 0.15) is 18.9 Å². The zero-order valence-electron chi connectivity index (χ0n) is 11.8. The number of rotatable bonds is 6. The molecular weight excluding hydrogens is 270 g/mol. The third-order valence-corrected chi connectivity index (χ3v) is 4.32. The van der Waals surface area contributed by atoms with Crippen LogP contribution in [0.2, 0.25) is 0 Å². The molecule has 2 rings (SSSR count). The van der Waals surface area contributed by atoms with Crippen LogP contribution in [-0.2, 0) is 4.79 Å². The summed E-state index contributed by atoms with van der Waals surface area (Å²) in [6, 6.07) is 7.69. The van der Waals surface area contributed by atoms with Gasteiger partial charge >= 0.3 is 0 Å². The largest absolute Gasteiger partial charge is 0.494 e. The van der Waals surface area contributed by atoms with Gasteiger partial charge in [0.2, 0.25) is 0 Å². The van der Waals surface area contributed by atoms with E-state index < -0.39 is 0 Å². The molecule has 0 saturated carbocycles. The molecule has 1 aliphatic rings. The monoisotopic (exact) mass is 289 g/mol. The minimum absolute atomic E-state index is 0.0991. The van der Waals surface area contributed by atoms with Crippen molar-refractivity contribution < 1.29 is 9.53 Å². The normalized spacial score (nSPS) is 18.3. The first-order valence-corrected chi connectivity index (χ1v) is 7.58. The van der Waals surface area contributed by atoms with Crippen molar-refractivity contribution in [3.63, 3.8) is 0 Å². The van der Waals surface area contributed by atoms with Crippen molar-refractivity contribution in [2.45, 2.75) is 18.6 Å². The lowest BCUT2D eigenvalue weighted by molar-refractivity contribution is -0.112. The van der Waals surface area contributed by atoms with Gasteiger partial charge in [0.25, 0.3) is 0 Å². The second kappa shape index (κ2) is 6.66. The predicted molar refractivity (Wildman–Crippen MR) is 84.8 cm³/mol. The smallest absolute Gasteiger partial charge is 0.183 e. The lowest BCUT2D eigenvalue weighted by Gasteiger charge is -2.08. The van der Waals surface area contributed by atoms with E-state index in [0.29, 0.717) is 6.61 Å². The summed E-state index contributed by atoms with van der Waals surface area (Å²) in [4.78, 5) is 12.4. The van der Waals surface area contributed by atoms with Gasteiger partial charge in [-0.1, -0.05) is 36.9 Å². The SMILES string of the molecule is C=CC1SC(NC)=C(c2cccc(OCCC)c2)C1=O. The zero-order valence-corrected chi connectivity index (χ0v) is 12.6. The Bertz CT molecular complexity index is 551. The highest BCUT2D eigenvalue weighted by Crippen LogP contribution is 2.39. The maximum atomic E-state index is 12.4. The van der Waals surface area contributed by atoms with Gasteiger partial charge in [0, 0.05) is 7.05 Å². The molecule has 0 fully saturated rings. The predicted octanol–water partition coefficient (Wildman–Crippen LogP) is 3.23. The number of Topliss-reactive ketones (excluding diaryl/α,β-unsaturated/α-hetero) is 1. The molecule has 0 saturated heterocycles. The Morgan fingerprint density at radius 3 is 2.95 bits per heavy atom. The lowest BCUT2D eigenvalue weighted by Crippen LogP contribution is -2.10. The Balaban J connectivity index is 2.34. The number of carbonyl (C=O) groups excluding carboxylic acids is 1. The fourth-order valence-electron chi connectivity index (χ4n) is 2.07. The Hall–Kier alpha value is -1.68. The maximum absolute atomic E-state index is 12.4. The molecule has 0 aliphatic carbocycles. The molecule has 4 heteroatoms. The van der Waals surface area contributed by atoms with Crippen LogP contribution in [0.3, 0.4) is 0 Å². The molecule has 1 N–H and O–H groups in total. The average molecular weight is 289 g/mol. The van der Waals surface area contributed by atoms with E-state index >= 15 is 0 Å². The molecule has 20 heavy (non-hydrogen) atoms. The number of ketones is 1. The molecule has 1 aliphatic heterocycles. The van der Waals surface area contributed by atoms with E-state index in [1.54, 1.807) is 6.08 Å². The number of hydrogen-bond acceptors (Lipinski definition) is 4. The molecule has 1 aromatic rings. The van der Waals surface area contributed by atoms with Crippen LogP contribution in [0.4, 0.5) is 0 Å². The van der Waals surface area contributed by atoms with Crippen molar-refractivity contribution >= 4 is 23.1 Å². The first-order chi connectivity index (χ1) is 9.71. The summed E-state index contributed by atoms with van der Waals surface area (Å²) >= 11 is 1.51. The molecule has 106 valence electrons. The van der Waals surface area contributed by atoms with Gasteiger partial charge in [-0.05, 0) is 24.1 Å². The quantitative estimate of drug-likeness (QED) is 0.816. The molecule has 1 atom stereocenters. The van der Waals surface area contributed by atoms with Crippen molar-refractivity contribution in [1.82, 2.24) is 5.32 Å². The number of carbonyl (C=O) groups is 1. The van der Waals surface area contributed by atoms with Gasteiger partial charge in [0.15, 0.2) is 5.78 Å². The summed E-state index contributed by atoms with van der Waals surface area (Å²) in [7, 11) is 1.83. The summed E-state index contributed by atoms with van der Waals surface area (Å²) in [6.07, 6.45) is 2.65. The number of nitrogens with one attached hydrogen (secondary N) is 1. The van der Waals surface area contributed by atoms with Gasteiger partial charge in [0.1, 0.15) is 5.75 Å². The highest BCUT2D eigenvalue weighted by molar-refractivity contribution is 8.05. The van der Waals surface area contributed by atoms with Gasteiger partial charge in [0.05, 0.1) is 22.5 Å². The lowest BCUT2D eigenvalue weighted by atomic mass is 10.0. The Morgan fingerprint density at radius 1 is 1.50 bits per heavy atom. The number of allylic oxidation sites excluding steroid dienone is 1. The summed E-state index contributed by atoms with van der Waals surface area (Å²) in [5, 5.41) is 3.80. The third-order valence-electron chi connectivity index (χ3n) is 3.01. The van der Waals surface area contributed by atoms with Crippen LogP contribution in [0.25, 0.3) is 5.57 Å². The molecule has 3 nitrogen and oxygen atoms in total.